The molecular weight excluding hydrogens is 374 g/mol. The molecule has 0 unspecified atom stereocenters. The molecule has 0 aliphatic carbocycles. The van der Waals surface area contributed by atoms with Gasteiger partial charge in [-0.15, -0.1) is 0 Å². The van der Waals surface area contributed by atoms with Gasteiger partial charge in [0.1, 0.15) is 0 Å². The Balaban J connectivity index is 0.000000126. The van der Waals surface area contributed by atoms with Gasteiger partial charge in [0.25, 0.3) is 0 Å². The maximum absolute atomic E-state index is 3.38. The Bertz CT molecular complexity index is 1560. The topological polar surface area (TPSA) is 15.8 Å². The van der Waals surface area contributed by atoms with E-state index in [1.807, 2.05) is 0 Å². The van der Waals surface area contributed by atoms with Crippen LogP contribution >= 0.6 is 0 Å². The minimum atomic E-state index is 1.21. The van der Waals surface area contributed by atoms with Crippen molar-refractivity contribution in [2.24, 2.45) is 0 Å². The molecule has 0 radical (unpaired) electrons. The van der Waals surface area contributed by atoms with Gasteiger partial charge in [0.05, 0.1) is 0 Å². The minimum Gasteiger partial charge on any atom is -0.355 e. The van der Waals surface area contributed by atoms with Crippen LogP contribution in [0, 0.1) is 0 Å². The van der Waals surface area contributed by atoms with E-state index in [1.165, 1.54) is 54.1 Å². The van der Waals surface area contributed by atoms with E-state index in [-0.39, 0.29) is 0 Å². The van der Waals surface area contributed by atoms with Crippen molar-refractivity contribution >= 4 is 54.1 Å². The predicted octanol–water partition coefficient (Wildman–Crippen LogP) is 8.47. The van der Waals surface area contributed by atoms with Crippen LogP contribution in [0.15, 0.2) is 121 Å². The van der Waals surface area contributed by atoms with E-state index in [1.54, 1.807) is 0 Å². The number of para-hydroxylation sites is 2. The number of benzene rings is 6. The number of hydrogen-bond acceptors (Lipinski definition) is 0. The highest BCUT2D eigenvalue weighted by molar-refractivity contribution is 6.17. The van der Waals surface area contributed by atoms with Gasteiger partial charge in [-0.1, -0.05) is 109 Å². The molecule has 7 aromatic rings. The quantitative estimate of drug-likeness (QED) is 0.248. The van der Waals surface area contributed by atoms with Gasteiger partial charge in [0, 0.05) is 21.8 Å². The Labute approximate surface area is 180 Å². The number of H-pyrrole nitrogens is 1. The largest absolute Gasteiger partial charge is 0.355 e. The number of aromatic nitrogens is 1. The Kier molecular flexibility index (Phi) is 4.18. The van der Waals surface area contributed by atoms with Crippen molar-refractivity contribution in [1.82, 2.24) is 4.98 Å². The van der Waals surface area contributed by atoms with Crippen molar-refractivity contribution in [2.75, 3.05) is 0 Å². The molecule has 146 valence electrons. The SMILES string of the molecule is c1ccc2c(c1)[nH]c1ccccc12.c1ccc2c(c1)ccc1c3ccccc3ccc21. The van der Waals surface area contributed by atoms with Crippen LogP contribution in [-0.4, -0.2) is 4.98 Å². The van der Waals surface area contributed by atoms with Gasteiger partial charge in [-0.3, -0.25) is 0 Å². The van der Waals surface area contributed by atoms with Crippen molar-refractivity contribution in [3.63, 3.8) is 0 Å². The summed E-state index contributed by atoms with van der Waals surface area (Å²) in [7, 11) is 0. The van der Waals surface area contributed by atoms with Crippen molar-refractivity contribution in [1.29, 1.82) is 0 Å². The van der Waals surface area contributed by atoms with Crippen LogP contribution in [0.4, 0.5) is 0 Å². The van der Waals surface area contributed by atoms with Crippen molar-refractivity contribution < 1.29 is 0 Å². The highest BCUT2D eigenvalue weighted by Crippen LogP contribution is 2.30. The third kappa shape index (κ3) is 3.03. The van der Waals surface area contributed by atoms with E-state index in [9.17, 15) is 0 Å². The minimum absolute atomic E-state index is 1.21. The summed E-state index contributed by atoms with van der Waals surface area (Å²) >= 11 is 0. The number of rotatable bonds is 0. The van der Waals surface area contributed by atoms with Crippen LogP contribution in [-0.2, 0) is 0 Å². The smallest absolute Gasteiger partial charge is 0.0464 e. The molecule has 1 aromatic heterocycles. The second-order valence-electron chi connectivity index (χ2n) is 7.88. The molecule has 1 heteroatoms. The fourth-order valence-electron chi connectivity index (χ4n) is 4.57. The average molecular weight is 396 g/mol. The van der Waals surface area contributed by atoms with E-state index in [2.05, 4.69) is 126 Å². The van der Waals surface area contributed by atoms with Gasteiger partial charge >= 0.3 is 0 Å². The lowest BCUT2D eigenvalue weighted by Crippen LogP contribution is -1.79. The molecule has 0 bridgehead atoms. The number of nitrogens with one attached hydrogen (secondary N) is 1. The van der Waals surface area contributed by atoms with Gasteiger partial charge in [-0.25, -0.2) is 0 Å². The standard InChI is InChI=1S/C18H12.C12H9N/c1-3-7-15-13(5-1)9-11-18-16-8-4-2-6-14(16)10-12-17(15)18;1-3-7-11-9(5-1)10-6-2-4-8-12(10)13-11/h1-12H;1-8,13H. The molecule has 1 N–H and O–H groups in total. The molecule has 1 nitrogen and oxygen atoms in total. The Morgan fingerprint density at radius 3 is 1.16 bits per heavy atom. The first-order valence-electron chi connectivity index (χ1n) is 10.6. The molecule has 1 heterocycles. The summed E-state index contributed by atoms with van der Waals surface area (Å²) in [6.07, 6.45) is 0. The Hall–Kier alpha value is -4.10. The van der Waals surface area contributed by atoms with Gasteiger partial charge in [-0.05, 0) is 44.5 Å². The van der Waals surface area contributed by atoms with Gasteiger partial charge in [-0.2, -0.15) is 0 Å². The molecule has 0 aliphatic heterocycles. The van der Waals surface area contributed by atoms with Crippen LogP contribution in [0.3, 0.4) is 0 Å². The van der Waals surface area contributed by atoms with Crippen LogP contribution in [0.25, 0.3) is 54.1 Å². The first kappa shape index (κ1) is 17.7. The third-order valence-corrected chi connectivity index (χ3v) is 6.06. The summed E-state index contributed by atoms with van der Waals surface area (Å²) in [6.45, 7) is 0. The first-order valence-corrected chi connectivity index (χ1v) is 10.6. The number of fused-ring (bicyclic) bond motifs is 8. The van der Waals surface area contributed by atoms with E-state index >= 15 is 0 Å². The van der Waals surface area contributed by atoms with E-state index in [4.69, 9.17) is 0 Å². The zero-order valence-corrected chi connectivity index (χ0v) is 17.0. The van der Waals surface area contributed by atoms with Crippen LogP contribution in [0.2, 0.25) is 0 Å². The molecule has 31 heavy (non-hydrogen) atoms. The molecule has 0 aliphatic rings. The second-order valence-corrected chi connectivity index (χ2v) is 7.88. The van der Waals surface area contributed by atoms with Crippen molar-refractivity contribution in [3.05, 3.63) is 121 Å². The highest BCUT2D eigenvalue weighted by Gasteiger charge is 2.03. The van der Waals surface area contributed by atoms with Gasteiger partial charge in [0.2, 0.25) is 0 Å². The van der Waals surface area contributed by atoms with Crippen molar-refractivity contribution in [3.8, 4) is 0 Å². The zero-order valence-electron chi connectivity index (χ0n) is 17.0. The first-order chi connectivity index (χ1) is 15.4. The zero-order chi connectivity index (χ0) is 20.6. The molecule has 0 atom stereocenters. The fourth-order valence-corrected chi connectivity index (χ4v) is 4.57. The van der Waals surface area contributed by atoms with E-state index in [0.717, 1.165) is 0 Å². The van der Waals surface area contributed by atoms with Crippen LogP contribution in [0.5, 0.6) is 0 Å². The summed E-state index contributed by atoms with van der Waals surface area (Å²) in [4.78, 5) is 3.38. The lowest BCUT2D eigenvalue weighted by molar-refractivity contribution is 1.55. The van der Waals surface area contributed by atoms with Crippen LogP contribution < -0.4 is 0 Å². The van der Waals surface area contributed by atoms with Gasteiger partial charge in [0.15, 0.2) is 0 Å². The average Bonchev–Trinajstić information content (AvgIpc) is 3.23. The lowest BCUT2D eigenvalue weighted by atomic mass is 9.97. The molecule has 7 rings (SSSR count). The molecule has 6 aromatic carbocycles. The summed E-state index contributed by atoms with van der Waals surface area (Å²) < 4.78 is 0. The normalized spacial score (nSPS) is 11.2. The van der Waals surface area contributed by atoms with E-state index in [0.29, 0.717) is 0 Å². The van der Waals surface area contributed by atoms with E-state index < -0.39 is 0 Å². The maximum atomic E-state index is 3.38. The number of aromatic amines is 1. The molecule has 0 saturated carbocycles. The summed E-state index contributed by atoms with van der Waals surface area (Å²) in [5, 5.41) is 10.6. The maximum Gasteiger partial charge on any atom is 0.0464 e. The Morgan fingerprint density at radius 2 is 0.677 bits per heavy atom. The molecule has 0 amide bonds. The molecule has 0 saturated heterocycles. The van der Waals surface area contributed by atoms with Gasteiger partial charge < -0.3 is 4.98 Å². The molecule has 0 spiro atoms. The summed E-state index contributed by atoms with van der Waals surface area (Å²) in [6, 6.07) is 42.8. The molecule has 0 fully saturated rings. The monoisotopic (exact) mass is 395 g/mol. The number of hydrogen-bond donors (Lipinski definition) is 1. The molecular formula is C30H21N. The van der Waals surface area contributed by atoms with Crippen molar-refractivity contribution in [2.45, 2.75) is 0 Å². The fraction of sp³-hybridized carbons (Fsp3) is 0. The highest BCUT2D eigenvalue weighted by atomic mass is 14.7. The Morgan fingerprint density at radius 1 is 0.290 bits per heavy atom. The predicted molar refractivity (Wildman–Crippen MR) is 135 cm³/mol. The summed E-state index contributed by atoms with van der Waals surface area (Å²) in [5.74, 6) is 0. The second kappa shape index (κ2) is 7.30. The summed E-state index contributed by atoms with van der Waals surface area (Å²) in [5.41, 5.74) is 2.42. The third-order valence-electron chi connectivity index (χ3n) is 6.06. The van der Waals surface area contributed by atoms with Crippen LogP contribution in [0.1, 0.15) is 0 Å². The lowest BCUT2D eigenvalue weighted by Gasteiger charge is -2.07.